The maximum Gasteiger partial charge on any atom is 0.321 e. The van der Waals surface area contributed by atoms with Crippen LogP contribution in [0.5, 0.6) is 11.5 Å². The van der Waals surface area contributed by atoms with Crippen LogP contribution in [0.2, 0.25) is 0 Å². The number of nitrogens with zero attached hydrogens (tertiary/aromatic N) is 2. The van der Waals surface area contributed by atoms with Gasteiger partial charge in [0.05, 0.1) is 31.6 Å². The van der Waals surface area contributed by atoms with Crippen LogP contribution in [0.3, 0.4) is 0 Å². The first-order chi connectivity index (χ1) is 14.4. The third-order valence-corrected chi connectivity index (χ3v) is 5.20. The second kappa shape index (κ2) is 9.48. The number of aromatic nitrogens is 2. The molecule has 1 aliphatic heterocycles. The normalized spacial score (nSPS) is 18.4. The molecule has 160 valence electrons. The van der Waals surface area contributed by atoms with Gasteiger partial charge in [0.2, 0.25) is 17.7 Å². The molecule has 1 aliphatic rings. The molecule has 0 saturated carbocycles. The number of rotatable bonds is 8. The standard InChI is InChI=1S/C18H21N5O6S/c1-9-11(16(25)21-17(26)19-9)7-15-22-23-18(29-15)30-8-14(24)20-12-6-10(27-2)4-5-13(12)28-3/h4-6,9,11H,7-8H2,1-3H3,(H,20,24)(H2,19,21,25,26). The molecule has 1 aromatic carbocycles. The number of thioether (sulfide) groups is 1. The molecule has 0 radical (unpaired) electrons. The molecule has 1 saturated heterocycles. The predicted molar refractivity (Wildman–Crippen MR) is 107 cm³/mol. The van der Waals surface area contributed by atoms with Gasteiger partial charge in [0.15, 0.2) is 0 Å². The number of anilines is 1. The van der Waals surface area contributed by atoms with Gasteiger partial charge in [0.1, 0.15) is 11.5 Å². The first kappa shape index (κ1) is 21.4. The predicted octanol–water partition coefficient (Wildman–Crippen LogP) is 1.20. The summed E-state index contributed by atoms with van der Waals surface area (Å²) in [5.41, 5.74) is 0.480. The van der Waals surface area contributed by atoms with E-state index >= 15 is 0 Å². The lowest BCUT2D eigenvalue weighted by Gasteiger charge is -2.27. The van der Waals surface area contributed by atoms with Gasteiger partial charge in [-0.3, -0.25) is 14.9 Å². The Labute approximate surface area is 176 Å². The maximum atomic E-state index is 12.3. The van der Waals surface area contributed by atoms with E-state index in [4.69, 9.17) is 13.9 Å². The molecule has 4 amide bonds. The zero-order chi connectivity index (χ0) is 21.7. The van der Waals surface area contributed by atoms with Crippen molar-refractivity contribution < 1.29 is 28.3 Å². The average Bonchev–Trinajstić information content (AvgIpc) is 3.16. The Kier molecular flexibility index (Phi) is 6.77. The fourth-order valence-corrected chi connectivity index (χ4v) is 3.42. The van der Waals surface area contributed by atoms with Crippen LogP contribution >= 0.6 is 11.8 Å². The summed E-state index contributed by atoms with van der Waals surface area (Å²) in [6, 6.07) is 4.18. The summed E-state index contributed by atoms with van der Waals surface area (Å²) in [7, 11) is 3.03. The molecule has 2 aromatic rings. The largest absolute Gasteiger partial charge is 0.497 e. The molecule has 1 aromatic heterocycles. The minimum atomic E-state index is -0.524. The van der Waals surface area contributed by atoms with Crippen molar-refractivity contribution in [3.63, 3.8) is 0 Å². The lowest BCUT2D eigenvalue weighted by Crippen LogP contribution is -2.57. The lowest BCUT2D eigenvalue weighted by atomic mass is 9.95. The first-order valence-electron chi connectivity index (χ1n) is 8.98. The van der Waals surface area contributed by atoms with Gasteiger partial charge in [0, 0.05) is 18.5 Å². The molecular formula is C18H21N5O6S. The maximum absolute atomic E-state index is 12.3. The molecule has 2 unspecified atom stereocenters. The van der Waals surface area contributed by atoms with Gasteiger partial charge < -0.3 is 24.5 Å². The second-order valence-corrected chi connectivity index (χ2v) is 7.35. The second-order valence-electron chi connectivity index (χ2n) is 6.43. The molecule has 0 aliphatic carbocycles. The highest BCUT2D eigenvalue weighted by Crippen LogP contribution is 2.29. The third-order valence-electron chi connectivity index (χ3n) is 4.39. The molecule has 3 rings (SSSR count). The molecular weight excluding hydrogens is 414 g/mol. The van der Waals surface area contributed by atoms with Crippen LogP contribution in [0.4, 0.5) is 10.5 Å². The van der Waals surface area contributed by atoms with Crippen LogP contribution in [0.25, 0.3) is 0 Å². The minimum absolute atomic E-state index is 0.0262. The van der Waals surface area contributed by atoms with Crippen LogP contribution in [0.1, 0.15) is 12.8 Å². The van der Waals surface area contributed by atoms with Gasteiger partial charge in [-0.1, -0.05) is 11.8 Å². The van der Waals surface area contributed by atoms with E-state index in [1.54, 1.807) is 25.1 Å². The zero-order valence-corrected chi connectivity index (χ0v) is 17.4. The van der Waals surface area contributed by atoms with Crippen molar-refractivity contribution in [2.24, 2.45) is 5.92 Å². The lowest BCUT2D eigenvalue weighted by molar-refractivity contribution is -0.125. The summed E-state index contributed by atoms with van der Waals surface area (Å²) in [4.78, 5) is 35.5. The van der Waals surface area contributed by atoms with Gasteiger partial charge in [-0.05, 0) is 19.1 Å². The summed E-state index contributed by atoms with van der Waals surface area (Å²) in [6.07, 6.45) is 0.175. The number of benzene rings is 1. The van der Waals surface area contributed by atoms with Crippen molar-refractivity contribution in [1.82, 2.24) is 20.8 Å². The van der Waals surface area contributed by atoms with E-state index in [1.165, 1.54) is 14.2 Å². The Balaban J connectivity index is 1.55. The molecule has 3 N–H and O–H groups in total. The fourth-order valence-electron chi connectivity index (χ4n) is 2.84. The number of amides is 4. The van der Waals surface area contributed by atoms with Crippen LogP contribution in [-0.4, -0.2) is 54.1 Å². The summed E-state index contributed by atoms with van der Waals surface area (Å²) in [6.45, 7) is 1.73. The molecule has 11 nitrogen and oxygen atoms in total. The van der Waals surface area contributed by atoms with E-state index < -0.39 is 17.9 Å². The van der Waals surface area contributed by atoms with Crippen molar-refractivity contribution >= 4 is 35.3 Å². The summed E-state index contributed by atoms with van der Waals surface area (Å²) in [5.74, 6) is 0.136. The van der Waals surface area contributed by atoms with E-state index in [0.717, 1.165) is 11.8 Å². The number of carbonyl (C=O) groups is 3. The Hall–Kier alpha value is -3.28. The van der Waals surface area contributed by atoms with Gasteiger partial charge in [-0.15, -0.1) is 10.2 Å². The molecule has 0 bridgehead atoms. The Morgan fingerprint density at radius 1 is 1.27 bits per heavy atom. The monoisotopic (exact) mass is 435 g/mol. The summed E-state index contributed by atoms with van der Waals surface area (Å²) < 4.78 is 15.9. The van der Waals surface area contributed by atoms with Crippen molar-refractivity contribution in [3.05, 3.63) is 24.1 Å². The summed E-state index contributed by atoms with van der Waals surface area (Å²) in [5, 5.41) is 15.6. The van der Waals surface area contributed by atoms with Crippen molar-refractivity contribution in [1.29, 1.82) is 0 Å². The number of nitrogens with one attached hydrogen (secondary N) is 3. The number of imide groups is 1. The van der Waals surface area contributed by atoms with Crippen LogP contribution in [-0.2, 0) is 16.0 Å². The van der Waals surface area contributed by atoms with Gasteiger partial charge in [-0.2, -0.15) is 0 Å². The van der Waals surface area contributed by atoms with E-state index in [0.29, 0.717) is 17.2 Å². The molecule has 0 spiro atoms. The molecule has 12 heteroatoms. The molecule has 2 atom stereocenters. The van der Waals surface area contributed by atoms with Crippen molar-refractivity contribution in [2.45, 2.75) is 24.6 Å². The van der Waals surface area contributed by atoms with Crippen LogP contribution < -0.4 is 25.4 Å². The van der Waals surface area contributed by atoms with Gasteiger partial charge in [-0.25, -0.2) is 4.79 Å². The van der Waals surface area contributed by atoms with E-state index in [9.17, 15) is 14.4 Å². The number of ether oxygens (including phenoxy) is 2. The first-order valence-corrected chi connectivity index (χ1v) is 9.96. The number of methoxy groups -OCH3 is 2. The highest BCUT2D eigenvalue weighted by molar-refractivity contribution is 7.99. The van der Waals surface area contributed by atoms with Crippen LogP contribution in [0.15, 0.2) is 27.8 Å². The Morgan fingerprint density at radius 2 is 2.07 bits per heavy atom. The SMILES string of the molecule is COc1ccc(OC)c(NC(=O)CSc2nnc(CC3C(=O)NC(=O)NC3C)o2)c1. The minimum Gasteiger partial charge on any atom is -0.497 e. The Bertz CT molecular complexity index is 949. The number of hydrogen-bond donors (Lipinski definition) is 3. The average molecular weight is 435 g/mol. The van der Waals surface area contributed by atoms with Gasteiger partial charge >= 0.3 is 6.03 Å². The fraction of sp³-hybridized carbons (Fsp3) is 0.389. The smallest absolute Gasteiger partial charge is 0.321 e. The van der Waals surface area contributed by atoms with Crippen LogP contribution in [0, 0.1) is 5.92 Å². The number of urea groups is 1. The molecule has 1 fully saturated rings. The van der Waals surface area contributed by atoms with E-state index in [-0.39, 0.29) is 35.2 Å². The van der Waals surface area contributed by atoms with E-state index in [1.807, 2.05) is 0 Å². The quantitative estimate of drug-likeness (QED) is 0.521. The molecule has 30 heavy (non-hydrogen) atoms. The van der Waals surface area contributed by atoms with E-state index in [2.05, 4.69) is 26.1 Å². The van der Waals surface area contributed by atoms with Gasteiger partial charge in [0.25, 0.3) is 5.22 Å². The topological polar surface area (TPSA) is 145 Å². The highest BCUT2D eigenvalue weighted by atomic mass is 32.2. The summed E-state index contributed by atoms with van der Waals surface area (Å²) >= 11 is 1.06. The Morgan fingerprint density at radius 3 is 2.77 bits per heavy atom. The third kappa shape index (κ3) is 5.20. The van der Waals surface area contributed by atoms with Crippen molar-refractivity contribution in [2.75, 3.05) is 25.3 Å². The zero-order valence-electron chi connectivity index (χ0n) is 16.6. The number of carbonyl (C=O) groups excluding carboxylic acids is 3. The van der Waals surface area contributed by atoms with Crippen molar-refractivity contribution in [3.8, 4) is 11.5 Å². The number of hydrogen-bond acceptors (Lipinski definition) is 9. The highest BCUT2D eigenvalue weighted by Gasteiger charge is 2.34. The molecule has 2 heterocycles.